The molecule has 26 heavy (non-hydrogen) atoms. The Morgan fingerprint density at radius 2 is 1.81 bits per heavy atom. The average molecular weight is 354 g/mol. The molecule has 0 radical (unpaired) electrons. The molecule has 0 saturated heterocycles. The standard InChI is InChI=1S/C20H26N4O2/c1-2-26-18-11-8-16(9-12-18)22-19-13-10-17(14-21-19)24-20(25)23-15-6-4-3-5-7-15/h8-15H,2-7H2,1H3,(H,21,22)(H2,23,24,25). The first kappa shape index (κ1) is 18.0. The molecule has 6 nitrogen and oxygen atoms in total. The van der Waals surface area contributed by atoms with Gasteiger partial charge in [0, 0.05) is 11.7 Å². The smallest absolute Gasteiger partial charge is 0.319 e. The Balaban J connectivity index is 1.50. The highest BCUT2D eigenvalue weighted by molar-refractivity contribution is 5.89. The van der Waals surface area contributed by atoms with Crippen LogP contribution in [0.15, 0.2) is 42.6 Å². The molecule has 1 heterocycles. The number of nitrogens with zero attached hydrogens (tertiary/aromatic N) is 1. The van der Waals surface area contributed by atoms with Crippen LogP contribution in [0.5, 0.6) is 5.75 Å². The number of carbonyl (C=O) groups is 1. The van der Waals surface area contributed by atoms with E-state index < -0.39 is 0 Å². The molecule has 3 N–H and O–H groups in total. The van der Waals surface area contributed by atoms with Crippen molar-refractivity contribution in [2.75, 3.05) is 17.2 Å². The number of amides is 2. The Kier molecular flexibility index (Phi) is 6.30. The maximum Gasteiger partial charge on any atom is 0.319 e. The molecule has 138 valence electrons. The fraction of sp³-hybridized carbons (Fsp3) is 0.400. The van der Waals surface area contributed by atoms with Gasteiger partial charge in [0.25, 0.3) is 0 Å². The highest BCUT2D eigenvalue weighted by Crippen LogP contribution is 2.20. The first-order valence-corrected chi connectivity index (χ1v) is 9.26. The van der Waals surface area contributed by atoms with Crippen LogP contribution in [-0.4, -0.2) is 23.7 Å². The summed E-state index contributed by atoms with van der Waals surface area (Å²) < 4.78 is 5.43. The molecule has 0 bridgehead atoms. The number of aromatic nitrogens is 1. The van der Waals surface area contributed by atoms with E-state index in [9.17, 15) is 4.79 Å². The van der Waals surface area contributed by atoms with E-state index >= 15 is 0 Å². The fourth-order valence-electron chi connectivity index (χ4n) is 3.09. The topological polar surface area (TPSA) is 75.3 Å². The van der Waals surface area contributed by atoms with E-state index in [0.29, 0.717) is 18.1 Å². The largest absolute Gasteiger partial charge is 0.494 e. The summed E-state index contributed by atoms with van der Waals surface area (Å²) in [6, 6.07) is 11.5. The summed E-state index contributed by atoms with van der Waals surface area (Å²) in [7, 11) is 0. The van der Waals surface area contributed by atoms with Gasteiger partial charge in [-0.15, -0.1) is 0 Å². The van der Waals surface area contributed by atoms with Gasteiger partial charge in [-0.3, -0.25) is 0 Å². The van der Waals surface area contributed by atoms with Gasteiger partial charge in [-0.25, -0.2) is 9.78 Å². The maximum absolute atomic E-state index is 12.1. The molecule has 1 aromatic carbocycles. The van der Waals surface area contributed by atoms with Crippen molar-refractivity contribution in [3.05, 3.63) is 42.6 Å². The minimum atomic E-state index is -0.161. The SMILES string of the molecule is CCOc1ccc(Nc2ccc(NC(=O)NC3CCCCC3)cn2)cc1. The monoisotopic (exact) mass is 354 g/mol. The van der Waals surface area contributed by atoms with E-state index in [0.717, 1.165) is 24.3 Å². The number of nitrogens with one attached hydrogen (secondary N) is 3. The molecular weight excluding hydrogens is 328 g/mol. The Morgan fingerprint density at radius 3 is 2.46 bits per heavy atom. The summed E-state index contributed by atoms with van der Waals surface area (Å²) >= 11 is 0. The van der Waals surface area contributed by atoms with Gasteiger partial charge in [-0.2, -0.15) is 0 Å². The molecule has 0 aliphatic heterocycles. The predicted molar refractivity (Wildman–Crippen MR) is 104 cm³/mol. The molecule has 6 heteroatoms. The zero-order valence-corrected chi connectivity index (χ0v) is 15.1. The lowest BCUT2D eigenvalue weighted by Gasteiger charge is -2.22. The van der Waals surface area contributed by atoms with Crippen LogP contribution < -0.4 is 20.7 Å². The van der Waals surface area contributed by atoms with Crippen LogP contribution in [0.4, 0.5) is 22.0 Å². The number of urea groups is 1. The summed E-state index contributed by atoms with van der Waals surface area (Å²) in [5.41, 5.74) is 1.60. The molecule has 0 unspecified atom stereocenters. The molecule has 1 aliphatic carbocycles. The molecule has 1 fully saturated rings. The third-order valence-electron chi connectivity index (χ3n) is 4.40. The highest BCUT2D eigenvalue weighted by Gasteiger charge is 2.15. The Bertz CT molecular complexity index is 695. The number of rotatable bonds is 6. The summed E-state index contributed by atoms with van der Waals surface area (Å²) in [6.07, 6.45) is 7.44. The minimum Gasteiger partial charge on any atom is -0.494 e. The fourth-order valence-corrected chi connectivity index (χ4v) is 3.09. The van der Waals surface area contributed by atoms with Gasteiger partial charge >= 0.3 is 6.03 Å². The normalized spacial score (nSPS) is 14.5. The Hall–Kier alpha value is -2.76. The van der Waals surface area contributed by atoms with E-state index in [1.54, 1.807) is 6.20 Å². The van der Waals surface area contributed by atoms with Crippen LogP contribution >= 0.6 is 0 Å². The summed E-state index contributed by atoms with van der Waals surface area (Å²) in [5, 5.41) is 9.10. The van der Waals surface area contributed by atoms with Gasteiger partial charge < -0.3 is 20.7 Å². The van der Waals surface area contributed by atoms with Crippen molar-refractivity contribution in [3.63, 3.8) is 0 Å². The zero-order chi connectivity index (χ0) is 18.2. The molecule has 1 aliphatic rings. The van der Waals surface area contributed by atoms with Gasteiger partial charge in [0.15, 0.2) is 0 Å². The Labute approximate surface area is 154 Å². The minimum absolute atomic E-state index is 0.161. The number of anilines is 3. The number of carbonyl (C=O) groups excluding carboxylic acids is 1. The van der Waals surface area contributed by atoms with Crippen LogP contribution in [0.25, 0.3) is 0 Å². The van der Waals surface area contributed by atoms with E-state index in [-0.39, 0.29) is 12.1 Å². The van der Waals surface area contributed by atoms with E-state index in [2.05, 4.69) is 20.9 Å². The summed E-state index contributed by atoms with van der Waals surface area (Å²) in [5.74, 6) is 1.56. The van der Waals surface area contributed by atoms with E-state index in [1.165, 1.54) is 19.3 Å². The van der Waals surface area contributed by atoms with Crippen LogP contribution in [0.2, 0.25) is 0 Å². The number of hydrogen-bond donors (Lipinski definition) is 3. The predicted octanol–water partition coefficient (Wildman–Crippen LogP) is 4.68. The van der Waals surface area contributed by atoms with Crippen molar-refractivity contribution >= 4 is 23.2 Å². The van der Waals surface area contributed by atoms with Gasteiger partial charge in [-0.1, -0.05) is 19.3 Å². The van der Waals surface area contributed by atoms with Crippen molar-refractivity contribution in [1.29, 1.82) is 0 Å². The van der Waals surface area contributed by atoms with Gasteiger partial charge in [-0.05, 0) is 56.2 Å². The first-order chi connectivity index (χ1) is 12.7. The van der Waals surface area contributed by atoms with Crippen molar-refractivity contribution in [2.24, 2.45) is 0 Å². The van der Waals surface area contributed by atoms with Gasteiger partial charge in [0.05, 0.1) is 18.5 Å². The van der Waals surface area contributed by atoms with Crippen LogP contribution in [0, 0.1) is 0 Å². The lowest BCUT2D eigenvalue weighted by atomic mass is 9.96. The molecule has 2 aromatic rings. The quantitative estimate of drug-likeness (QED) is 0.704. The molecule has 3 rings (SSSR count). The molecule has 0 atom stereocenters. The lowest BCUT2D eigenvalue weighted by Crippen LogP contribution is -2.39. The van der Waals surface area contributed by atoms with Crippen molar-refractivity contribution in [2.45, 2.75) is 45.1 Å². The molecule has 1 aromatic heterocycles. The third kappa shape index (κ3) is 5.37. The Morgan fingerprint density at radius 1 is 1.08 bits per heavy atom. The van der Waals surface area contributed by atoms with Crippen molar-refractivity contribution in [3.8, 4) is 5.75 Å². The van der Waals surface area contributed by atoms with Crippen molar-refractivity contribution < 1.29 is 9.53 Å². The molecule has 1 saturated carbocycles. The van der Waals surface area contributed by atoms with Crippen LogP contribution in [0.1, 0.15) is 39.0 Å². The third-order valence-corrected chi connectivity index (χ3v) is 4.40. The number of hydrogen-bond acceptors (Lipinski definition) is 4. The van der Waals surface area contributed by atoms with E-state index in [4.69, 9.17) is 4.74 Å². The number of ether oxygens (including phenoxy) is 1. The zero-order valence-electron chi connectivity index (χ0n) is 15.1. The van der Waals surface area contributed by atoms with Crippen LogP contribution in [0.3, 0.4) is 0 Å². The highest BCUT2D eigenvalue weighted by atomic mass is 16.5. The average Bonchev–Trinajstić information content (AvgIpc) is 2.66. The molecule has 2 amide bonds. The van der Waals surface area contributed by atoms with E-state index in [1.807, 2.05) is 43.3 Å². The van der Waals surface area contributed by atoms with Gasteiger partial charge in [0.1, 0.15) is 11.6 Å². The number of benzene rings is 1. The summed E-state index contributed by atoms with van der Waals surface area (Å²) in [4.78, 5) is 16.4. The van der Waals surface area contributed by atoms with Crippen LogP contribution in [-0.2, 0) is 0 Å². The number of pyridine rings is 1. The first-order valence-electron chi connectivity index (χ1n) is 9.26. The van der Waals surface area contributed by atoms with Crippen molar-refractivity contribution in [1.82, 2.24) is 10.3 Å². The second-order valence-electron chi connectivity index (χ2n) is 6.45. The second kappa shape index (κ2) is 9.08. The van der Waals surface area contributed by atoms with Gasteiger partial charge in [0.2, 0.25) is 0 Å². The molecule has 0 spiro atoms. The summed E-state index contributed by atoms with van der Waals surface area (Å²) in [6.45, 7) is 2.61. The maximum atomic E-state index is 12.1. The second-order valence-corrected chi connectivity index (χ2v) is 6.45. The lowest BCUT2D eigenvalue weighted by molar-refractivity contribution is 0.244. The molecular formula is C20H26N4O2.